The molecule has 0 bridgehead atoms. The topological polar surface area (TPSA) is 40.2 Å². The lowest BCUT2D eigenvalue weighted by Crippen LogP contribution is -2.19. The first-order valence-electron chi connectivity index (χ1n) is 9.88. The van der Waals surface area contributed by atoms with E-state index in [0.29, 0.717) is 6.54 Å². The monoisotopic (exact) mass is 407 g/mol. The van der Waals surface area contributed by atoms with Gasteiger partial charge in [-0.25, -0.2) is 0 Å². The van der Waals surface area contributed by atoms with Crippen molar-refractivity contribution in [2.24, 2.45) is 0 Å². The summed E-state index contributed by atoms with van der Waals surface area (Å²) in [4.78, 5) is 2.21. The molecule has 0 atom stereocenters. The van der Waals surface area contributed by atoms with Crippen LogP contribution in [-0.4, -0.2) is 27.8 Å². The molecule has 5 nitrogen and oxygen atoms in total. The van der Waals surface area contributed by atoms with Crippen molar-refractivity contribution >= 4 is 11.4 Å². The SMILES string of the molecule is COCOc1ccc(C)cc1N(Cc1ccccc1)c1cc(C)ccc1OCOC. The van der Waals surface area contributed by atoms with Crippen molar-refractivity contribution in [3.05, 3.63) is 83.4 Å². The van der Waals surface area contributed by atoms with Crippen LogP contribution in [0.5, 0.6) is 11.5 Å². The highest BCUT2D eigenvalue weighted by molar-refractivity contribution is 5.74. The molecule has 5 heteroatoms. The van der Waals surface area contributed by atoms with Crippen molar-refractivity contribution in [1.29, 1.82) is 0 Å². The van der Waals surface area contributed by atoms with Crippen LogP contribution in [-0.2, 0) is 16.0 Å². The van der Waals surface area contributed by atoms with Crippen molar-refractivity contribution in [1.82, 2.24) is 0 Å². The highest BCUT2D eigenvalue weighted by Gasteiger charge is 2.20. The number of anilines is 2. The summed E-state index contributed by atoms with van der Waals surface area (Å²) in [6, 6.07) is 22.6. The first-order valence-corrected chi connectivity index (χ1v) is 9.88. The fourth-order valence-electron chi connectivity index (χ4n) is 3.23. The molecular weight excluding hydrogens is 378 g/mol. The average Bonchev–Trinajstić information content (AvgIpc) is 2.76. The van der Waals surface area contributed by atoms with Gasteiger partial charge in [-0.3, -0.25) is 0 Å². The summed E-state index contributed by atoms with van der Waals surface area (Å²) < 4.78 is 22.1. The van der Waals surface area contributed by atoms with Crippen molar-refractivity contribution < 1.29 is 18.9 Å². The Bertz CT molecular complexity index is 886. The van der Waals surface area contributed by atoms with Gasteiger partial charge >= 0.3 is 0 Å². The molecule has 0 heterocycles. The van der Waals surface area contributed by atoms with Crippen LogP contribution in [0.25, 0.3) is 0 Å². The Balaban J connectivity index is 2.13. The van der Waals surface area contributed by atoms with Crippen LogP contribution in [0.1, 0.15) is 16.7 Å². The zero-order chi connectivity index (χ0) is 21.3. The molecule has 0 radical (unpaired) electrons. The molecule has 3 aromatic carbocycles. The van der Waals surface area contributed by atoms with Crippen molar-refractivity contribution in [3.8, 4) is 11.5 Å². The average molecular weight is 408 g/mol. The number of hydrogen-bond acceptors (Lipinski definition) is 5. The Hall–Kier alpha value is -3.02. The minimum atomic E-state index is 0.177. The molecule has 0 aliphatic heterocycles. The lowest BCUT2D eigenvalue weighted by molar-refractivity contribution is 0.0510. The third-order valence-electron chi connectivity index (χ3n) is 4.66. The number of methoxy groups -OCH3 is 2. The Morgan fingerprint density at radius 2 is 1.17 bits per heavy atom. The van der Waals surface area contributed by atoms with Crippen LogP contribution < -0.4 is 14.4 Å². The molecule has 0 fully saturated rings. The molecule has 0 saturated heterocycles. The summed E-state index contributed by atoms with van der Waals surface area (Å²) in [5, 5.41) is 0. The van der Waals surface area contributed by atoms with Crippen LogP contribution in [0.15, 0.2) is 66.7 Å². The van der Waals surface area contributed by atoms with E-state index in [-0.39, 0.29) is 13.6 Å². The minimum absolute atomic E-state index is 0.177. The number of aryl methyl sites for hydroxylation is 2. The molecule has 0 unspecified atom stereocenters. The molecule has 3 aromatic rings. The zero-order valence-corrected chi connectivity index (χ0v) is 18.1. The molecule has 3 rings (SSSR count). The first kappa shape index (κ1) is 21.7. The maximum absolute atomic E-state index is 5.90. The number of rotatable bonds is 10. The Morgan fingerprint density at radius 3 is 1.63 bits per heavy atom. The maximum atomic E-state index is 5.90. The second kappa shape index (κ2) is 10.7. The zero-order valence-electron chi connectivity index (χ0n) is 18.1. The fraction of sp³-hybridized carbons (Fsp3) is 0.280. The molecule has 0 amide bonds. The fourth-order valence-corrected chi connectivity index (χ4v) is 3.23. The smallest absolute Gasteiger partial charge is 0.188 e. The second-order valence-electron chi connectivity index (χ2n) is 7.12. The van der Waals surface area contributed by atoms with Gasteiger partial charge in [-0.15, -0.1) is 0 Å². The maximum Gasteiger partial charge on any atom is 0.188 e. The first-order chi connectivity index (χ1) is 14.6. The molecular formula is C25H29NO4. The normalized spacial score (nSPS) is 10.7. The minimum Gasteiger partial charge on any atom is -0.465 e. The van der Waals surface area contributed by atoms with E-state index < -0.39 is 0 Å². The number of benzene rings is 3. The van der Waals surface area contributed by atoms with E-state index in [9.17, 15) is 0 Å². The van der Waals surface area contributed by atoms with Crippen LogP contribution in [0.2, 0.25) is 0 Å². The molecule has 30 heavy (non-hydrogen) atoms. The third-order valence-corrected chi connectivity index (χ3v) is 4.66. The lowest BCUT2D eigenvalue weighted by atomic mass is 10.1. The Kier molecular flexibility index (Phi) is 7.71. The van der Waals surface area contributed by atoms with Crippen LogP contribution in [0.4, 0.5) is 11.4 Å². The molecule has 0 aliphatic carbocycles. The molecule has 0 saturated carbocycles. The summed E-state index contributed by atoms with van der Waals surface area (Å²) in [6.07, 6.45) is 0. The molecule has 0 spiro atoms. The Morgan fingerprint density at radius 1 is 0.667 bits per heavy atom. The van der Waals surface area contributed by atoms with E-state index in [2.05, 4.69) is 43.0 Å². The lowest BCUT2D eigenvalue weighted by Gasteiger charge is -2.29. The summed E-state index contributed by atoms with van der Waals surface area (Å²) in [7, 11) is 3.24. The van der Waals surface area contributed by atoms with Gasteiger partial charge in [0.15, 0.2) is 13.6 Å². The van der Waals surface area contributed by atoms with Crippen LogP contribution >= 0.6 is 0 Å². The summed E-state index contributed by atoms with van der Waals surface area (Å²) in [5.74, 6) is 1.50. The van der Waals surface area contributed by atoms with E-state index in [0.717, 1.165) is 34.0 Å². The standard InChI is InChI=1S/C25H29NO4/c1-19-10-12-24(29-17-27-3)22(14-19)26(16-21-8-6-5-7-9-21)23-15-20(2)11-13-25(23)30-18-28-4/h5-15H,16-18H2,1-4H3. The summed E-state index contributed by atoms with van der Waals surface area (Å²) in [5.41, 5.74) is 5.35. The van der Waals surface area contributed by atoms with Gasteiger partial charge in [0.25, 0.3) is 0 Å². The number of hydrogen-bond donors (Lipinski definition) is 0. The highest BCUT2D eigenvalue weighted by Crippen LogP contribution is 2.41. The molecule has 158 valence electrons. The van der Waals surface area contributed by atoms with E-state index in [1.807, 2.05) is 42.5 Å². The van der Waals surface area contributed by atoms with Gasteiger partial charge in [-0.05, 0) is 54.8 Å². The molecule has 0 N–H and O–H groups in total. The van der Waals surface area contributed by atoms with Gasteiger partial charge in [0.2, 0.25) is 0 Å². The van der Waals surface area contributed by atoms with E-state index in [1.165, 1.54) is 5.56 Å². The largest absolute Gasteiger partial charge is 0.465 e. The van der Waals surface area contributed by atoms with Gasteiger partial charge in [0, 0.05) is 20.8 Å². The van der Waals surface area contributed by atoms with Gasteiger partial charge < -0.3 is 23.8 Å². The van der Waals surface area contributed by atoms with E-state index in [4.69, 9.17) is 18.9 Å². The van der Waals surface area contributed by atoms with E-state index in [1.54, 1.807) is 14.2 Å². The van der Waals surface area contributed by atoms with Crippen LogP contribution in [0, 0.1) is 13.8 Å². The second-order valence-corrected chi connectivity index (χ2v) is 7.12. The van der Waals surface area contributed by atoms with Crippen molar-refractivity contribution in [3.63, 3.8) is 0 Å². The van der Waals surface area contributed by atoms with E-state index >= 15 is 0 Å². The van der Waals surface area contributed by atoms with Gasteiger partial charge in [-0.1, -0.05) is 42.5 Å². The Labute approximate surface area is 178 Å². The highest BCUT2D eigenvalue weighted by atomic mass is 16.7. The third kappa shape index (κ3) is 5.53. The summed E-state index contributed by atoms with van der Waals surface area (Å²) >= 11 is 0. The van der Waals surface area contributed by atoms with Gasteiger partial charge in [-0.2, -0.15) is 0 Å². The predicted octanol–water partition coefficient (Wildman–Crippen LogP) is 5.61. The predicted molar refractivity (Wildman–Crippen MR) is 120 cm³/mol. The number of ether oxygens (including phenoxy) is 4. The molecule has 0 aliphatic rings. The summed E-state index contributed by atoms with van der Waals surface area (Å²) in [6.45, 7) is 5.15. The van der Waals surface area contributed by atoms with Crippen molar-refractivity contribution in [2.75, 3.05) is 32.7 Å². The van der Waals surface area contributed by atoms with Gasteiger partial charge in [0.1, 0.15) is 11.5 Å². The quantitative estimate of drug-likeness (QED) is 0.409. The van der Waals surface area contributed by atoms with Gasteiger partial charge in [0.05, 0.1) is 11.4 Å². The molecule has 0 aromatic heterocycles. The number of nitrogens with zero attached hydrogens (tertiary/aromatic N) is 1. The van der Waals surface area contributed by atoms with Crippen LogP contribution in [0.3, 0.4) is 0 Å². The van der Waals surface area contributed by atoms with Crippen molar-refractivity contribution in [2.45, 2.75) is 20.4 Å².